The van der Waals surface area contributed by atoms with E-state index in [1.165, 1.54) is 6.07 Å². The molecule has 0 aliphatic heterocycles. The summed E-state index contributed by atoms with van der Waals surface area (Å²) >= 11 is 6.02. The Kier molecular flexibility index (Phi) is 4.33. The Morgan fingerprint density at radius 1 is 1.33 bits per heavy atom. The van der Waals surface area contributed by atoms with E-state index in [4.69, 9.17) is 23.1 Å². The van der Waals surface area contributed by atoms with Crippen LogP contribution in [0.4, 0.5) is 11.5 Å². The van der Waals surface area contributed by atoms with Gasteiger partial charge in [0.05, 0.1) is 11.7 Å². The van der Waals surface area contributed by atoms with Crippen LogP contribution in [-0.2, 0) is 0 Å². The minimum absolute atomic E-state index is 0.0124. The molecule has 0 bridgehead atoms. The molecule has 0 saturated heterocycles. The first-order valence-electron chi connectivity index (χ1n) is 6.44. The smallest absolute Gasteiger partial charge is 0.267 e. The average Bonchev–Trinajstić information content (AvgIpc) is 2.46. The van der Waals surface area contributed by atoms with Crippen molar-refractivity contribution in [3.8, 4) is 0 Å². The van der Waals surface area contributed by atoms with Crippen molar-refractivity contribution < 1.29 is 4.79 Å². The second-order valence-corrected chi connectivity index (χ2v) is 5.25. The molecule has 110 valence electrons. The predicted molar refractivity (Wildman–Crippen MR) is 85.4 cm³/mol. The molecule has 0 spiro atoms. The number of primary amides is 1. The molecule has 1 unspecified atom stereocenters. The van der Waals surface area contributed by atoms with Gasteiger partial charge in [-0.2, -0.15) is 0 Å². The van der Waals surface area contributed by atoms with Gasteiger partial charge in [-0.1, -0.05) is 23.7 Å². The number of nitrogens with two attached hydrogens (primary N) is 2. The Bertz CT molecular complexity index is 674. The fourth-order valence-electron chi connectivity index (χ4n) is 2.05. The van der Waals surface area contributed by atoms with Crippen LogP contribution < -0.4 is 16.4 Å². The lowest BCUT2D eigenvalue weighted by Crippen LogP contribution is -2.25. The Morgan fingerprint density at radius 2 is 2.05 bits per heavy atom. The van der Waals surface area contributed by atoms with Crippen molar-refractivity contribution >= 4 is 29.0 Å². The summed E-state index contributed by atoms with van der Waals surface area (Å²) in [5.74, 6) is -0.0705. The van der Waals surface area contributed by atoms with E-state index in [1.54, 1.807) is 6.07 Å². The first-order chi connectivity index (χ1) is 9.90. The zero-order chi connectivity index (χ0) is 15.6. The van der Waals surface area contributed by atoms with E-state index in [2.05, 4.69) is 4.98 Å². The van der Waals surface area contributed by atoms with E-state index in [0.717, 1.165) is 5.56 Å². The van der Waals surface area contributed by atoms with Crippen molar-refractivity contribution in [3.05, 3.63) is 52.7 Å². The third-order valence-corrected chi connectivity index (χ3v) is 3.64. The molecule has 0 saturated carbocycles. The standard InChI is InChI=1S/C15H17ClN4O/c1-9(10-4-3-5-11(16)8-10)20(2)15-12(17)6-7-13(19-15)14(18)21/h3-9H,17H2,1-2H3,(H2,18,21). The Hall–Kier alpha value is -2.27. The van der Waals surface area contributed by atoms with Gasteiger partial charge >= 0.3 is 0 Å². The SMILES string of the molecule is CC(c1cccc(Cl)c1)N(C)c1nc(C(N)=O)ccc1N. The predicted octanol–water partition coefficient (Wildman–Crippen LogP) is 2.61. The number of anilines is 2. The Morgan fingerprint density at radius 3 is 2.67 bits per heavy atom. The van der Waals surface area contributed by atoms with E-state index >= 15 is 0 Å². The highest BCUT2D eigenvalue weighted by molar-refractivity contribution is 6.30. The first kappa shape index (κ1) is 15.1. The van der Waals surface area contributed by atoms with Crippen LogP contribution in [0.5, 0.6) is 0 Å². The van der Waals surface area contributed by atoms with Crippen molar-refractivity contribution in [2.75, 3.05) is 17.7 Å². The molecule has 0 aliphatic carbocycles. The molecule has 1 aromatic carbocycles. The van der Waals surface area contributed by atoms with Crippen molar-refractivity contribution in [2.24, 2.45) is 5.73 Å². The van der Waals surface area contributed by atoms with Crippen molar-refractivity contribution in [3.63, 3.8) is 0 Å². The van der Waals surface area contributed by atoms with Crippen LogP contribution in [0.25, 0.3) is 0 Å². The summed E-state index contributed by atoms with van der Waals surface area (Å²) in [5, 5.41) is 0.666. The van der Waals surface area contributed by atoms with Gasteiger partial charge in [-0.05, 0) is 36.8 Å². The third kappa shape index (κ3) is 3.25. The number of carbonyl (C=O) groups excluding carboxylic acids is 1. The van der Waals surface area contributed by atoms with Gasteiger partial charge in [0.25, 0.3) is 5.91 Å². The van der Waals surface area contributed by atoms with Gasteiger partial charge in [0.15, 0.2) is 5.82 Å². The number of rotatable bonds is 4. The lowest BCUT2D eigenvalue weighted by molar-refractivity contribution is 0.0995. The molecular weight excluding hydrogens is 288 g/mol. The minimum Gasteiger partial charge on any atom is -0.396 e. The normalized spacial score (nSPS) is 12.0. The molecule has 6 heteroatoms. The Labute approximate surface area is 128 Å². The second-order valence-electron chi connectivity index (χ2n) is 4.82. The molecule has 0 radical (unpaired) electrons. The number of carbonyl (C=O) groups is 1. The molecule has 1 amide bonds. The van der Waals surface area contributed by atoms with Crippen LogP contribution in [0.3, 0.4) is 0 Å². The number of pyridine rings is 1. The molecule has 0 aliphatic rings. The van der Waals surface area contributed by atoms with E-state index < -0.39 is 5.91 Å². The van der Waals surface area contributed by atoms with Crippen LogP contribution in [0.2, 0.25) is 5.02 Å². The summed E-state index contributed by atoms with van der Waals surface area (Å²) < 4.78 is 0. The number of halogens is 1. The summed E-state index contributed by atoms with van der Waals surface area (Å²) in [6.07, 6.45) is 0. The third-order valence-electron chi connectivity index (χ3n) is 3.40. The molecule has 21 heavy (non-hydrogen) atoms. The summed E-state index contributed by atoms with van der Waals surface area (Å²) in [6.45, 7) is 2.00. The number of nitrogens with zero attached hydrogens (tertiary/aromatic N) is 2. The monoisotopic (exact) mass is 304 g/mol. The van der Waals surface area contributed by atoms with E-state index in [1.807, 2.05) is 43.1 Å². The van der Waals surface area contributed by atoms with Crippen molar-refractivity contribution in [1.29, 1.82) is 0 Å². The van der Waals surface area contributed by atoms with Crippen LogP contribution in [0.15, 0.2) is 36.4 Å². The number of hydrogen-bond donors (Lipinski definition) is 2. The second kappa shape index (κ2) is 6.01. The fourth-order valence-corrected chi connectivity index (χ4v) is 2.25. The quantitative estimate of drug-likeness (QED) is 0.909. The maximum absolute atomic E-state index is 11.3. The molecule has 2 rings (SSSR count). The van der Waals surface area contributed by atoms with Crippen LogP contribution >= 0.6 is 11.6 Å². The van der Waals surface area contributed by atoms with Crippen LogP contribution in [0, 0.1) is 0 Å². The molecule has 1 aromatic heterocycles. The molecule has 1 atom stereocenters. The molecule has 2 aromatic rings. The number of aromatic nitrogens is 1. The minimum atomic E-state index is -0.583. The van der Waals surface area contributed by atoms with Gasteiger partial charge in [-0.15, -0.1) is 0 Å². The van der Waals surface area contributed by atoms with Gasteiger partial charge < -0.3 is 16.4 Å². The number of nitrogen functional groups attached to an aromatic ring is 1. The highest BCUT2D eigenvalue weighted by Crippen LogP contribution is 2.29. The fraction of sp³-hybridized carbons (Fsp3) is 0.200. The summed E-state index contributed by atoms with van der Waals surface area (Å²) in [7, 11) is 1.86. The molecule has 5 nitrogen and oxygen atoms in total. The highest BCUT2D eigenvalue weighted by atomic mass is 35.5. The van der Waals surface area contributed by atoms with Gasteiger partial charge in [0, 0.05) is 12.1 Å². The van der Waals surface area contributed by atoms with Gasteiger partial charge in [0.2, 0.25) is 0 Å². The van der Waals surface area contributed by atoms with Crippen LogP contribution in [-0.4, -0.2) is 17.9 Å². The van der Waals surface area contributed by atoms with Crippen molar-refractivity contribution in [2.45, 2.75) is 13.0 Å². The van der Waals surface area contributed by atoms with Gasteiger partial charge in [0.1, 0.15) is 5.69 Å². The van der Waals surface area contributed by atoms with Gasteiger partial charge in [-0.3, -0.25) is 4.79 Å². The van der Waals surface area contributed by atoms with E-state index in [-0.39, 0.29) is 11.7 Å². The summed E-state index contributed by atoms with van der Waals surface area (Å²) in [5.41, 5.74) is 12.9. The largest absolute Gasteiger partial charge is 0.396 e. The maximum Gasteiger partial charge on any atom is 0.267 e. The van der Waals surface area contributed by atoms with Crippen molar-refractivity contribution in [1.82, 2.24) is 4.98 Å². The van der Waals surface area contributed by atoms with Gasteiger partial charge in [-0.25, -0.2) is 4.98 Å². The molecule has 0 fully saturated rings. The summed E-state index contributed by atoms with van der Waals surface area (Å²) in [4.78, 5) is 17.4. The number of benzene rings is 1. The Balaban J connectivity index is 2.37. The highest BCUT2D eigenvalue weighted by Gasteiger charge is 2.17. The number of hydrogen-bond acceptors (Lipinski definition) is 4. The molecule has 1 heterocycles. The lowest BCUT2D eigenvalue weighted by Gasteiger charge is -2.27. The zero-order valence-electron chi connectivity index (χ0n) is 11.9. The average molecular weight is 305 g/mol. The van der Waals surface area contributed by atoms with E-state index in [9.17, 15) is 4.79 Å². The van der Waals surface area contributed by atoms with Crippen LogP contribution in [0.1, 0.15) is 29.0 Å². The zero-order valence-corrected chi connectivity index (χ0v) is 12.6. The lowest BCUT2D eigenvalue weighted by atomic mass is 10.1. The maximum atomic E-state index is 11.3. The first-order valence-corrected chi connectivity index (χ1v) is 6.82. The van der Waals surface area contributed by atoms with E-state index in [0.29, 0.717) is 16.5 Å². The molecule has 4 N–H and O–H groups in total. The molecular formula is C15H17ClN4O. The topological polar surface area (TPSA) is 85.2 Å². The number of amides is 1. The summed E-state index contributed by atoms with van der Waals surface area (Å²) in [6, 6.07) is 10.7.